The van der Waals surface area contributed by atoms with Gasteiger partial charge in [0.25, 0.3) is 0 Å². The van der Waals surface area contributed by atoms with Crippen molar-refractivity contribution in [1.82, 2.24) is 19.8 Å². The average molecular weight is 471 g/mol. The van der Waals surface area contributed by atoms with E-state index in [1.807, 2.05) is 25.1 Å². The van der Waals surface area contributed by atoms with E-state index in [2.05, 4.69) is 56.3 Å². The Hall–Kier alpha value is -2.35. The van der Waals surface area contributed by atoms with E-state index in [1.54, 1.807) is 6.20 Å². The van der Waals surface area contributed by atoms with Gasteiger partial charge in [-0.3, -0.25) is 4.90 Å². The normalized spacial score (nSPS) is 11.7. The largest absolute Gasteiger partial charge is 0.340 e. The lowest BCUT2D eigenvalue weighted by atomic mass is 10.1. The van der Waals surface area contributed by atoms with Crippen LogP contribution in [0.25, 0.3) is 21.8 Å². The van der Waals surface area contributed by atoms with Crippen LogP contribution in [0.2, 0.25) is 10.0 Å². The lowest BCUT2D eigenvalue weighted by molar-refractivity contribution is 0.272. The molecule has 168 valence electrons. The van der Waals surface area contributed by atoms with Gasteiger partial charge in [0.15, 0.2) is 0 Å². The Kier molecular flexibility index (Phi) is 7.18. The topological polar surface area (TPSA) is 71.1 Å². The van der Waals surface area contributed by atoms with E-state index in [1.165, 1.54) is 5.39 Å². The zero-order chi connectivity index (χ0) is 22.7. The van der Waals surface area contributed by atoms with E-state index in [9.17, 15) is 0 Å². The van der Waals surface area contributed by atoms with Gasteiger partial charge in [0, 0.05) is 64.6 Å². The van der Waals surface area contributed by atoms with Crippen LogP contribution in [0, 0.1) is 6.92 Å². The summed E-state index contributed by atoms with van der Waals surface area (Å²) in [6.07, 6.45) is 1.77. The lowest BCUT2D eigenvalue weighted by Crippen LogP contribution is -2.38. The van der Waals surface area contributed by atoms with E-state index < -0.39 is 0 Å². The number of aryl methyl sites for hydroxylation is 1. The Morgan fingerprint density at radius 1 is 1.06 bits per heavy atom. The predicted molar refractivity (Wildman–Crippen MR) is 136 cm³/mol. The molecule has 4 N–H and O–H groups in total. The molecule has 0 amide bonds. The van der Waals surface area contributed by atoms with Gasteiger partial charge in [0.1, 0.15) is 5.82 Å². The molecule has 0 atom stereocenters. The van der Waals surface area contributed by atoms with Crippen molar-refractivity contribution in [2.24, 2.45) is 5.73 Å². The van der Waals surface area contributed by atoms with Crippen LogP contribution in [-0.4, -0.2) is 40.9 Å². The molecule has 4 aromatic rings. The molecule has 0 saturated carbocycles. The summed E-state index contributed by atoms with van der Waals surface area (Å²) >= 11 is 12.6. The Bertz CT molecular complexity index is 1230. The molecule has 0 unspecified atom stereocenters. The molecule has 0 spiro atoms. The molecule has 8 heteroatoms. The number of halogens is 2. The molecular formula is C24H28Cl2N6. The van der Waals surface area contributed by atoms with Gasteiger partial charge in [0.05, 0.1) is 5.52 Å². The van der Waals surface area contributed by atoms with Crippen LogP contribution in [0.4, 0.5) is 11.5 Å². The zero-order valence-electron chi connectivity index (χ0n) is 18.3. The summed E-state index contributed by atoms with van der Waals surface area (Å²) < 4.78 is 2.33. The van der Waals surface area contributed by atoms with Crippen LogP contribution in [-0.2, 0) is 6.54 Å². The molecule has 6 nitrogen and oxygen atoms in total. The van der Waals surface area contributed by atoms with Crippen molar-refractivity contribution in [3.8, 4) is 0 Å². The van der Waals surface area contributed by atoms with Crippen molar-refractivity contribution in [2.75, 3.05) is 31.7 Å². The van der Waals surface area contributed by atoms with E-state index in [0.29, 0.717) is 17.5 Å². The van der Waals surface area contributed by atoms with E-state index in [4.69, 9.17) is 28.9 Å². The van der Waals surface area contributed by atoms with Gasteiger partial charge in [-0.05, 0) is 55.4 Å². The highest BCUT2D eigenvalue weighted by atomic mass is 35.5. The third-order valence-corrected chi connectivity index (χ3v) is 6.33. The Morgan fingerprint density at radius 2 is 1.91 bits per heavy atom. The molecule has 0 saturated heterocycles. The number of hydrogen-bond donors (Lipinski definition) is 3. The standard InChI is InChI=1S/C24H28Cl2N6/c1-3-31(14-27)15-28-8-9-32-22-7-4-17(25)10-20(22)19-6-5-18(11-23(19)32)30-24-12-21(26)16(2)13-29-24/h4-7,10-13,28H,3,8-9,14-15,27H2,1-2H3,(H,29,30). The number of nitrogens with two attached hydrogens (primary N) is 1. The SMILES string of the molecule is CCN(CN)CNCCn1c2ccc(Cl)cc2c2ccc(Nc3cc(Cl)c(C)cn3)cc21. The summed E-state index contributed by atoms with van der Waals surface area (Å²) in [6.45, 7) is 7.92. The molecule has 0 bridgehead atoms. The van der Waals surface area contributed by atoms with Crippen molar-refractivity contribution < 1.29 is 0 Å². The molecule has 2 aromatic heterocycles. The molecular weight excluding hydrogens is 443 g/mol. The number of aromatic nitrogens is 2. The number of hydrogen-bond acceptors (Lipinski definition) is 5. The fraction of sp³-hybridized carbons (Fsp3) is 0.292. The summed E-state index contributed by atoms with van der Waals surface area (Å²) in [5, 5.41) is 10.6. The summed E-state index contributed by atoms with van der Waals surface area (Å²) in [5.41, 5.74) is 9.97. The van der Waals surface area contributed by atoms with Gasteiger partial charge in [-0.2, -0.15) is 0 Å². The monoisotopic (exact) mass is 470 g/mol. The lowest BCUT2D eigenvalue weighted by Gasteiger charge is -2.18. The predicted octanol–water partition coefficient (Wildman–Crippen LogP) is 5.33. The smallest absolute Gasteiger partial charge is 0.131 e. The second-order valence-electron chi connectivity index (χ2n) is 7.82. The second-order valence-corrected chi connectivity index (χ2v) is 8.66. The highest BCUT2D eigenvalue weighted by Crippen LogP contribution is 2.33. The molecule has 2 aromatic carbocycles. The van der Waals surface area contributed by atoms with Crippen molar-refractivity contribution in [1.29, 1.82) is 0 Å². The number of pyridine rings is 1. The molecule has 0 aliphatic rings. The van der Waals surface area contributed by atoms with E-state index in [0.717, 1.165) is 59.0 Å². The van der Waals surface area contributed by atoms with Crippen molar-refractivity contribution in [3.63, 3.8) is 0 Å². The van der Waals surface area contributed by atoms with Crippen molar-refractivity contribution in [2.45, 2.75) is 20.4 Å². The maximum atomic E-state index is 6.32. The van der Waals surface area contributed by atoms with Gasteiger partial charge >= 0.3 is 0 Å². The fourth-order valence-corrected chi connectivity index (χ4v) is 4.16. The molecule has 32 heavy (non-hydrogen) atoms. The van der Waals surface area contributed by atoms with Crippen molar-refractivity contribution in [3.05, 3.63) is 64.3 Å². The van der Waals surface area contributed by atoms with Crippen LogP contribution in [0.5, 0.6) is 0 Å². The third-order valence-electron chi connectivity index (χ3n) is 5.69. The number of nitrogens with one attached hydrogen (secondary N) is 2. The molecule has 0 aliphatic carbocycles. The molecule has 0 fully saturated rings. The maximum Gasteiger partial charge on any atom is 0.131 e. The minimum absolute atomic E-state index is 0.545. The van der Waals surface area contributed by atoms with Gasteiger partial charge in [-0.1, -0.05) is 36.2 Å². The summed E-state index contributed by atoms with van der Waals surface area (Å²) in [5.74, 6) is 0.716. The van der Waals surface area contributed by atoms with Gasteiger partial charge in [-0.25, -0.2) is 4.98 Å². The first-order valence-electron chi connectivity index (χ1n) is 10.7. The van der Waals surface area contributed by atoms with Crippen LogP contribution in [0.3, 0.4) is 0 Å². The quantitative estimate of drug-likeness (QED) is 0.227. The van der Waals surface area contributed by atoms with E-state index >= 15 is 0 Å². The molecule has 0 aliphatic heterocycles. The number of nitrogens with zero attached hydrogens (tertiary/aromatic N) is 3. The maximum absolute atomic E-state index is 6.32. The van der Waals surface area contributed by atoms with Gasteiger partial charge in [-0.15, -0.1) is 0 Å². The van der Waals surface area contributed by atoms with Crippen LogP contribution in [0.1, 0.15) is 12.5 Å². The summed E-state index contributed by atoms with van der Waals surface area (Å²) in [7, 11) is 0. The minimum atomic E-state index is 0.545. The number of rotatable bonds is 9. The van der Waals surface area contributed by atoms with Crippen molar-refractivity contribution >= 4 is 56.5 Å². The first kappa shape index (κ1) is 22.8. The number of fused-ring (bicyclic) bond motifs is 3. The highest BCUT2D eigenvalue weighted by Gasteiger charge is 2.12. The molecule has 4 rings (SSSR count). The Balaban J connectivity index is 1.66. The Labute approximate surface area is 198 Å². The summed E-state index contributed by atoms with van der Waals surface area (Å²) in [6, 6.07) is 14.2. The second kappa shape index (κ2) is 10.1. The first-order chi connectivity index (χ1) is 15.5. The molecule has 2 heterocycles. The van der Waals surface area contributed by atoms with E-state index in [-0.39, 0.29) is 0 Å². The Morgan fingerprint density at radius 3 is 2.66 bits per heavy atom. The minimum Gasteiger partial charge on any atom is -0.340 e. The average Bonchev–Trinajstić information content (AvgIpc) is 3.08. The van der Waals surface area contributed by atoms with Crippen LogP contribution < -0.4 is 16.4 Å². The highest BCUT2D eigenvalue weighted by molar-refractivity contribution is 6.32. The first-order valence-corrected chi connectivity index (χ1v) is 11.5. The van der Waals surface area contributed by atoms with Gasteiger partial charge in [0.2, 0.25) is 0 Å². The van der Waals surface area contributed by atoms with Gasteiger partial charge < -0.3 is 20.9 Å². The number of benzene rings is 2. The number of anilines is 2. The zero-order valence-corrected chi connectivity index (χ0v) is 19.8. The fourth-order valence-electron chi connectivity index (χ4n) is 3.84. The third kappa shape index (κ3) is 4.85. The van der Waals surface area contributed by atoms with Crippen LogP contribution >= 0.6 is 23.2 Å². The summed E-state index contributed by atoms with van der Waals surface area (Å²) in [4.78, 5) is 6.59. The van der Waals surface area contributed by atoms with Crippen LogP contribution in [0.15, 0.2) is 48.7 Å². The molecule has 0 radical (unpaired) electrons.